The monoisotopic (exact) mass is 268 g/mol. The topological polar surface area (TPSA) is 41.6 Å². The molecule has 2 atom stereocenters. The average Bonchev–Trinajstić information content (AvgIpc) is 2.93. The Morgan fingerprint density at radius 3 is 2.63 bits per heavy atom. The summed E-state index contributed by atoms with van der Waals surface area (Å²) in [5.41, 5.74) is 0. The maximum absolute atomic E-state index is 12.5. The molecule has 2 aliphatic heterocycles. The molecular weight excluding hydrogens is 240 g/mol. The van der Waals surface area contributed by atoms with Crippen molar-refractivity contribution in [3.8, 4) is 0 Å². The fourth-order valence-electron chi connectivity index (χ4n) is 3.27. The SMILES string of the molecule is CCNCC1CCN(C(=O)[C@@H]2CCO[C@H]2CC)CC1. The van der Waals surface area contributed by atoms with Crippen molar-refractivity contribution in [1.29, 1.82) is 0 Å². The van der Waals surface area contributed by atoms with Gasteiger partial charge in [-0.3, -0.25) is 4.79 Å². The Kier molecular flexibility index (Phi) is 5.64. The summed E-state index contributed by atoms with van der Waals surface area (Å²) in [4.78, 5) is 14.6. The largest absolute Gasteiger partial charge is 0.377 e. The van der Waals surface area contributed by atoms with E-state index >= 15 is 0 Å². The van der Waals surface area contributed by atoms with Gasteiger partial charge in [0.2, 0.25) is 5.91 Å². The summed E-state index contributed by atoms with van der Waals surface area (Å²) in [6.07, 6.45) is 4.31. The third-order valence-electron chi connectivity index (χ3n) is 4.54. The maximum atomic E-state index is 12.5. The average molecular weight is 268 g/mol. The van der Waals surface area contributed by atoms with Crippen LogP contribution in [0.3, 0.4) is 0 Å². The fraction of sp³-hybridized carbons (Fsp3) is 0.933. The predicted molar refractivity (Wildman–Crippen MR) is 76.0 cm³/mol. The number of carbonyl (C=O) groups is 1. The van der Waals surface area contributed by atoms with Crippen LogP contribution in [-0.4, -0.2) is 49.7 Å². The molecule has 0 aromatic carbocycles. The van der Waals surface area contributed by atoms with Crippen LogP contribution < -0.4 is 5.32 Å². The quantitative estimate of drug-likeness (QED) is 0.824. The van der Waals surface area contributed by atoms with E-state index in [1.807, 2.05) is 0 Å². The van der Waals surface area contributed by atoms with E-state index in [0.29, 0.717) is 5.91 Å². The Balaban J connectivity index is 1.79. The van der Waals surface area contributed by atoms with Gasteiger partial charge in [0, 0.05) is 19.7 Å². The molecule has 0 saturated carbocycles. The van der Waals surface area contributed by atoms with Crippen LogP contribution in [0.2, 0.25) is 0 Å². The van der Waals surface area contributed by atoms with Gasteiger partial charge in [0.15, 0.2) is 0 Å². The molecule has 110 valence electrons. The third-order valence-corrected chi connectivity index (χ3v) is 4.54. The molecule has 1 amide bonds. The summed E-state index contributed by atoms with van der Waals surface area (Å²) < 4.78 is 5.64. The minimum atomic E-state index is 0.121. The van der Waals surface area contributed by atoms with Crippen LogP contribution in [0.1, 0.15) is 39.5 Å². The Hall–Kier alpha value is -0.610. The maximum Gasteiger partial charge on any atom is 0.228 e. The zero-order valence-electron chi connectivity index (χ0n) is 12.4. The van der Waals surface area contributed by atoms with E-state index in [0.717, 1.165) is 64.4 Å². The number of nitrogens with one attached hydrogen (secondary N) is 1. The first-order chi connectivity index (χ1) is 9.26. The molecule has 2 saturated heterocycles. The summed E-state index contributed by atoms with van der Waals surface area (Å²) in [6.45, 7) is 9.01. The van der Waals surface area contributed by atoms with Crippen molar-refractivity contribution in [2.75, 3.05) is 32.8 Å². The lowest BCUT2D eigenvalue weighted by Gasteiger charge is -2.34. The molecule has 0 aromatic heterocycles. The van der Waals surface area contributed by atoms with Gasteiger partial charge >= 0.3 is 0 Å². The summed E-state index contributed by atoms with van der Waals surface area (Å²) in [7, 11) is 0. The van der Waals surface area contributed by atoms with Gasteiger partial charge < -0.3 is 15.0 Å². The summed E-state index contributed by atoms with van der Waals surface area (Å²) in [6, 6.07) is 0. The highest BCUT2D eigenvalue weighted by Crippen LogP contribution is 2.27. The minimum Gasteiger partial charge on any atom is -0.377 e. The lowest BCUT2D eigenvalue weighted by atomic mass is 9.93. The Bertz CT molecular complexity index is 288. The molecule has 19 heavy (non-hydrogen) atoms. The number of likely N-dealkylation sites (tertiary alicyclic amines) is 1. The molecule has 0 unspecified atom stereocenters. The Morgan fingerprint density at radius 1 is 1.26 bits per heavy atom. The van der Waals surface area contributed by atoms with Crippen molar-refractivity contribution >= 4 is 5.91 Å². The number of rotatable bonds is 5. The van der Waals surface area contributed by atoms with E-state index in [1.165, 1.54) is 0 Å². The van der Waals surface area contributed by atoms with Crippen molar-refractivity contribution in [3.05, 3.63) is 0 Å². The molecule has 4 nitrogen and oxygen atoms in total. The number of ether oxygens (including phenoxy) is 1. The van der Waals surface area contributed by atoms with Gasteiger partial charge in [0.25, 0.3) is 0 Å². The van der Waals surface area contributed by atoms with Crippen LogP contribution in [0, 0.1) is 11.8 Å². The molecular formula is C15H28N2O2. The molecule has 4 heteroatoms. The van der Waals surface area contributed by atoms with Crippen LogP contribution >= 0.6 is 0 Å². The molecule has 0 bridgehead atoms. The minimum absolute atomic E-state index is 0.121. The second-order valence-electron chi connectivity index (χ2n) is 5.79. The second kappa shape index (κ2) is 7.25. The van der Waals surface area contributed by atoms with E-state index in [1.54, 1.807) is 0 Å². The van der Waals surface area contributed by atoms with E-state index < -0.39 is 0 Å². The zero-order valence-corrected chi connectivity index (χ0v) is 12.4. The zero-order chi connectivity index (χ0) is 13.7. The normalized spacial score (nSPS) is 28.8. The van der Waals surface area contributed by atoms with Crippen molar-refractivity contribution in [3.63, 3.8) is 0 Å². The first kappa shape index (κ1) is 14.8. The highest BCUT2D eigenvalue weighted by atomic mass is 16.5. The molecule has 0 radical (unpaired) electrons. The van der Waals surface area contributed by atoms with Gasteiger partial charge in [-0.25, -0.2) is 0 Å². The van der Waals surface area contributed by atoms with Crippen molar-refractivity contribution in [1.82, 2.24) is 10.2 Å². The summed E-state index contributed by atoms with van der Waals surface area (Å²) in [5, 5.41) is 3.41. The van der Waals surface area contributed by atoms with Gasteiger partial charge in [-0.2, -0.15) is 0 Å². The molecule has 2 heterocycles. The third kappa shape index (κ3) is 3.69. The summed E-state index contributed by atoms with van der Waals surface area (Å²) >= 11 is 0. The van der Waals surface area contributed by atoms with E-state index in [2.05, 4.69) is 24.1 Å². The molecule has 0 spiro atoms. The van der Waals surface area contributed by atoms with Crippen molar-refractivity contribution in [2.45, 2.75) is 45.6 Å². The number of amides is 1. The van der Waals surface area contributed by atoms with E-state index in [-0.39, 0.29) is 12.0 Å². The van der Waals surface area contributed by atoms with Crippen molar-refractivity contribution in [2.24, 2.45) is 11.8 Å². The Labute approximate surface area is 116 Å². The smallest absolute Gasteiger partial charge is 0.228 e. The lowest BCUT2D eigenvalue weighted by Crippen LogP contribution is -2.45. The van der Waals surface area contributed by atoms with Gasteiger partial charge in [0.1, 0.15) is 0 Å². The first-order valence-electron chi connectivity index (χ1n) is 7.87. The van der Waals surface area contributed by atoms with Crippen LogP contribution in [0.4, 0.5) is 0 Å². The van der Waals surface area contributed by atoms with Crippen LogP contribution in [0.25, 0.3) is 0 Å². The van der Waals surface area contributed by atoms with E-state index in [9.17, 15) is 4.79 Å². The fourth-order valence-corrected chi connectivity index (χ4v) is 3.27. The van der Waals surface area contributed by atoms with E-state index in [4.69, 9.17) is 4.74 Å². The van der Waals surface area contributed by atoms with Gasteiger partial charge in [-0.05, 0) is 44.7 Å². The molecule has 0 aliphatic carbocycles. The standard InChI is InChI=1S/C15H28N2O2/c1-3-14-13(7-10-19-14)15(18)17-8-5-12(6-9-17)11-16-4-2/h12-14,16H,3-11H2,1-2H3/t13-,14+/m1/s1. The predicted octanol–water partition coefficient (Wildman–Crippen LogP) is 1.65. The molecule has 2 aliphatic rings. The molecule has 0 aromatic rings. The van der Waals surface area contributed by atoms with Gasteiger partial charge in [-0.1, -0.05) is 13.8 Å². The number of carbonyl (C=O) groups excluding carboxylic acids is 1. The number of hydrogen-bond donors (Lipinski definition) is 1. The van der Waals surface area contributed by atoms with Gasteiger partial charge in [-0.15, -0.1) is 0 Å². The highest BCUT2D eigenvalue weighted by Gasteiger charge is 2.36. The molecule has 2 fully saturated rings. The number of piperidine rings is 1. The Morgan fingerprint density at radius 2 is 2.00 bits per heavy atom. The van der Waals surface area contributed by atoms with Crippen LogP contribution in [-0.2, 0) is 9.53 Å². The van der Waals surface area contributed by atoms with Crippen LogP contribution in [0.15, 0.2) is 0 Å². The number of nitrogens with zero attached hydrogens (tertiary/aromatic N) is 1. The molecule has 1 N–H and O–H groups in total. The first-order valence-corrected chi connectivity index (χ1v) is 7.87. The van der Waals surface area contributed by atoms with Crippen molar-refractivity contribution < 1.29 is 9.53 Å². The lowest BCUT2D eigenvalue weighted by molar-refractivity contribution is -0.138. The van der Waals surface area contributed by atoms with Crippen LogP contribution in [0.5, 0.6) is 0 Å². The second-order valence-corrected chi connectivity index (χ2v) is 5.79. The summed E-state index contributed by atoms with van der Waals surface area (Å²) in [5.74, 6) is 1.20. The van der Waals surface area contributed by atoms with Gasteiger partial charge in [0.05, 0.1) is 12.0 Å². The molecule has 2 rings (SSSR count). The highest BCUT2D eigenvalue weighted by molar-refractivity contribution is 5.79. The number of hydrogen-bond acceptors (Lipinski definition) is 3.